The fourth-order valence-corrected chi connectivity index (χ4v) is 1.89. The van der Waals surface area contributed by atoms with Crippen molar-refractivity contribution in [2.24, 2.45) is 0 Å². The predicted molar refractivity (Wildman–Crippen MR) is 80.4 cm³/mol. The number of hydrogen-bond donors (Lipinski definition) is 1. The molecule has 20 heavy (non-hydrogen) atoms. The van der Waals surface area contributed by atoms with E-state index in [2.05, 4.69) is 11.9 Å². The summed E-state index contributed by atoms with van der Waals surface area (Å²) in [6.45, 7) is 6.22. The highest BCUT2D eigenvalue weighted by atomic mass is 35.5. The van der Waals surface area contributed by atoms with Gasteiger partial charge in [-0.15, -0.1) is 6.58 Å². The second-order valence-corrected chi connectivity index (χ2v) is 4.78. The smallest absolute Gasteiger partial charge is 0.222 e. The lowest BCUT2D eigenvalue weighted by atomic mass is 10.2. The van der Waals surface area contributed by atoms with Gasteiger partial charge in [0.25, 0.3) is 0 Å². The minimum absolute atomic E-state index is 0.0820. The first-order valence-corrected chi connectivity index (χ1v) is 6.79. The fraction of sp³-hybridized carbons (Fsp3) is 0.333. The van der Waals surface area contributed by atoms with Crippen LogP contribution in [0.15, 0.2) is 36.9 Å². The second-order valence-electron chi connectivity index (χ2n) is 4.37. The maximum absolute atomic E-state index is 11.6. The van der Waals surface area contributed by atoms with Gasteiger partial charge in [-0.2, -0.15) is 0 Å². The molecule has 4 nitrogen and oxygen atoms in total. The van der Waals surface area contributed by atoms with Gasteiger partial charge in [-0.05, 0) is 11.6 Å². The molecule has 1 aromatic rings. The molecule has 1 aromatic carbocycles. The third kappa shape index (κ3) is 5.45. The van der Waals surface area contributed by atoms with E-state index in [0.29, 0.717) is 24.7 Å². The lowest BCUT2D eigenvalue weighted by Crippen LogP contribution is -2.33. The van der Waals surface area contributed by atoms with Crippen LogP contribution in [-0.2, 0) is 16.1 Å². The van der Waals surface area contributed by atoms with Crippen molar-refractivity contribution in [2.75, 3.05) is 13.1 Å². The van der Waals surface area contributed by atoms with Crippen LogP contribution in [-0.4, -0.2) is 29.8 Å². The Labute approximate surface area is 124 Å². The first-order valence-electron chi connectivity index (χ1n) is 6.41. The Kier molecular flexibility index (Phi) is 6.81. The van der Waals surface area contributed by atoms with Gasteiger partial charge in [0.2, 0.25) is 11.8 Å². The molecule has 5 heteroatoms. The number of halogens is 1. The van der Waals surface area contributed by atoms with Gasteiger partial charge in [0.15, 0.2) is 0 Å². The molecular weight excluding hydrogens is 276 g/mol. The Bertz CT molecular complexity index is 489. The topological polar surface area (TPSA) is 49.4 Å². The van der Waals surface area contributed by atoms with Gasteiger partial charge in [-0.1, -0.05) is 35.9 Å². The van der Waals surface area contributed by atoms with Crippen molar-refractivity contribution >= 4 is 23.4 Å². The van der Waals surface area contributed by atoms with Crippen molar-refractivity contribution in [1.29, 1.82) is 0 Å². The first kappa shape index (κ1) is 16.2. The summed E-state index contributed by atoms with van der Waals surface area (Å²) < 4.78 is 0. The average molecular weight is 295 g/mol. The van der Waals surface area contributed by atoms with Gasteiger partial charge in [0.1, 0.15) is 0 Å². The minimum atomic E-state index is -0.102. The molecule has 0 aliphatic rings. The van der Waals surface area contributed by atoms with Crippen LogP contribution in [0, 0.1) is 0 Å². The number of carbonyl (C=O) groups excluding carboxylic acids is 2. The molecule has 0 bridgehead atoms. The van der Waals surface area contributed by atoms with Crippen molar-refractivity contribution in [3.05, 3.63) is 47.5 Å². The molecule has 0 spiro atoms. The van der Waals surface area contributed by atoms with Gasteiger partial charge in [-0.25, -0.2) is 0 Å². The Morgan fingerprint density at radius 3 is 2.70 bits per heavy atom. The molecule has 0 aromatic heterocycles. The summed E-state index contributed by atoms with van der Waals surface area (Å²) in [5.74, 6) is -0.184. The number of hydrogen-bond acceptors (Lipinski definition) is 2. The van der Waals surface area contributed by atoms with Crippen LogP contribution in [0.1, 0.15) is 18.9 Å². The van der Waals surface area contributed by atoms with Gasteiger partial charge in [0, 0.05) is 38.0 Å². The maximum Gasteiger partial charge on any atom is 0.222 e. The standard InChI is InChI=1S/C15H19ClN2O2/c1-3-9-17-15(20)8-10-18(12(2)19)11-13-6-4-5-7-14(13)16/h3-7H,1,8-11H2,2H3,(H,17,20). The van der Waals surface area contributed by atoms with Crippen molar-refractivity contribution in [3.8, 4) is 0 Å². The van der Waals surface area contributed by atoms with Gasteiger partial charge < -0.3 is 10.2 Å². The van der Waals surface area contributed by atoms with Gasteiger partial charge in [0.05, 0.1) is 0 Å². The normalized spacial score (nSPS) is 9.90. The molecule has 108 valence electrons. The molecule has 0 aliphatic heterocycles. The number of amides is 2. The largest absolute Gasteiger partial charge is 0.353 e. The van der Waals surface area contributed by atoms with Gasteiger partial charge >= 0.3 is 0 Å². The molecular formula is C15H19ClN2O2. The second kappa shape index (κ2) is 8.38. The summed E-state index contributed by atoms with van der Waals surface area (Å²) in [6.07, 6.45) is 1.88. The highest BCUT2D eigenvalue weighted by molar-refractivity contribution is 6.31. The van der Waals surface area contributed by atoms with Crippen molar-refractivity contribution in [1.82, 2.24) is 10.2 Å². The molecule has 0 radical (unpaired) electrons. The highest BCUT2D eigenvalue weighted by Crippen LogP contribution is 2.17. The summed E-state index contributed by atoms with van der Waals surface area (Å²) >= 11 is 6.08. The summed E-state index contributed by atoms with van der Waals surface area (Å²) in [5.41, 5.74) is 0.871. The summed E-state index contributed by atoms with van der Waals surface area (Å²) in [4.78, 5) is 24.8. The van der Waals surface area contributed by atoms with E-state index in [4.69, 9.17) is 11.6 Å². The monoisotopic (exact) mass is 294 g/mol. The molecule has 1 N–H and O–H groups in total. The first-order chi connectivity index (χ1) is 9.54. The van der Waals surface area contributed by atoms with Crippen LogP contribution < -0.4 is 5.32 Å². The molecule has 0 unspecified atom stereocenters. The van der Waals surface area contributed by atoms with E-state index in [1.165, 1.54) is 6.92 Å². The molecule has 0 aliphatic carbocycles. The number of benzene rings is 1. The predicted octanol–water partition coefficient (Wildman–Crippen LogP) is 2.38. The van der Waals surface area contributed by atoms with Crippen LogP contribution >= 0.6 is 11.6 Å². The zero-order valence-electron chi connectivity index (χ0n) is 11.6. The number of nitrogens with one attached hydrogen (secondary N) is 1. The number of nitrogens with zero attached hydrogens (tertiary/aromatic N) is 1. The van der Waals surface area contributed by atoms with Crippen LogP contribution in [0.4, 0.5) is 0 Å². The van der Waals surface area contributed by atoms with Crippen LogP contribution in [0.2, 0.25) is 5.02 Å². The third-order valence-electron chi connectivity index (χ3n) is 2.82. The van der Waals surface area contributed by atoms with Crippen molar-refractivity contribution < 1.29 is 9.59 Å². The lowest BCUT2D eigenvalue weighted by molar-refractivity contribution is -0.130. The Morgan fingerprint density at radius 1 is 1.40 bits per heavy atom. The number of carbonyl (C=O) groups is 2. The molecule has 0 fully saturated rings. The lowest BCUT2D eigenvalue weighted by Gasteiger charge is -2.21. The van der Waals surface area contributed by atoms with E-state index < -0.39 is 0 Å². The Morgan fingerprint density at radius 2 is 2.10 bits per heavy atom. The zero-order chi connectivity index (χ0) is 15.0. The average Bonchev–Trinajstić information content (AvgIpc) is 2.42. The van der Waals surface area contributed by atoms with Crippen LogP contribution in [0.5, 0.6) is 0 Å². The minimum Gasteiger partial charge on any atom is -0.353 e. The molecule has 2 amide bonds. The van der Waals surface area contributed by atoms with Crippen molar-refractivity contribution in [3.63, 3.8) is 0 Å². The molecule has 1 rings (SSSR count). The zero-order valence-corrected chi connectivity index (χ0v) is 12.3. The van der Waals surface area contributed by atoms with Gasteiger partial charge in [-0.3, -0.25) is 9.59 Å². The Hall–Kier alpha value is -1.81. The highest BCUT2D eigenvalue weighted by Gasteiger charge is 2.12. The molecule has 0 saturated carbocycles. The van der Waals surface area contributed by atoms with E-state index in [-0.39, 0.29) is 18.2 Å². The van der Waals surface area contributed by atoms with Crippen LogP contribution in [0.3, 0.4) is 0 Å². The summed E-state index contributed by atoms with van der Waals surface area (Å²) in [7, 11) is 0. The quantitative estimate of drug-likeness (QED) is 0.785. The SMILES string of the molecule is C=CCNC(=O)CCN(Cc1ccccc1Cl)C(C)=O. The summed E-state index contributed by atoms with van der Waals surface area (Å²) in [5, 5.41) is 3.30. The van der Waals surface area contributed by atoms with Crippen LogP contribution in [0.25, 0.3) is 0 Å². The number of rotatable bonds is 7. The maximum atomic E-state index is 11.6. The van der Waals surface area contributed by atoms with E-state index in [1.807, 2.05) is 18.2 Å². The summed E-state index contributed by atoms with van der Waals surface area (Å²) in [6, 6.07) is 7.37. The van der Waals surface area contributed by atoms with E-state index in [1.54, 1.807) is 17.0 Å². The molecule has 0 atom stereocenters. The molecule has 0 heterocycles. The Balaban J connectivity index is 2.57. The van der Waals surface area contributed by atoms with E-state index >= 15 is 0 Å². The van der Waals surface area contributed by atoms with E-state index in [0.717, 1.165) is 5.56 Å². The molecule has 0 saturated heterocycles. The van der Waals surface area contributed by atoms with Crippen molar-refractivity contribution in [2.45, 2.75) is 19.9 Å². The fourth-order valence-electron chi connectivity index (χ4n) is 1.69. The third-order valence-corrected chi connectivity index (χ3v) is 3.19. The van der Waals surface area contributed by atoms with E-state index in [9.17, 15) is 9.59 Å².